The SMILES string of the molecule is [C-]#[N+]c1ccccc1-c1ccc2c(c1)c1ccccc1n2-c1cc(C#N)ccc1-c1nc(-c2ccccc2)nc(-c2ccccc2)n1. The first kappa shape index (κ1) is 27.6. The zero-order valence-electron chi connectivity index (χ0n) is 25.0. The van der Waals surface area contributed by atoms with Crippen molar-refractivity contribution in [3.63, 3.8) is 0 Å². The van der Waals surface area contributed by atoms with Crippen LogP contribution in [-0.4, -0.2) is 19.5 Å². The van der Waals surface area contributed by atoms with Crippen LogP contribution in [0.3, 0.4) is 0 Å². The van der Waals surface area contributed by atoms with Crippen molar-refractivity contribution in [1.82, 2.24) is 19.5 Å². The molecule has 0 aliphatic carbocycles. The van der Waals surface area contributed by atoms with Gasteiger partial charge in [-0.2, -0.15) is 5.26 Å². The fourth-order valence-electron chi connectivity index (χ4n) is 6.12. The van der Waals surface area contributed by atoms with Gasteiger partial charge in [0.2, 0.25) is 0 Å². The van der Waals surface area contributed by atoms with Crippen LogP contribution in [0.25, 0.3) is 77.6 Å². The van der Waals surface area contributed by atoms with Crippen LogP contribution in [0.5, 0.6) is 0 Å². The molecule has 6 aromatic carbocycles. The Hall–Kier alpha value is -6.89. The van der Waals surface area contributed by atoms with Crippen LogP contribution in [0.15, 0.2) is 146 Å². The topological polar surface area (TPSA) is 71.8 Å². The van der Waals surface area contributed by atoms with Crippen molar-refractivity contribution in [1.29, 1.82) is 5.26 Å². The van der Waals surface area contributed by atoms with Gasteiger partial charge in [0.25, 0.3) is 0 Å². The average molecular weight is 601 g/mol. The van der Waals surface area contributed by atoms with E-state index in [9.17, 15) is 5.26 Å². The van der Waals surface area contributed by atoms with E-state index in [4.69, 9.17) is 21.5 Å². The molecular formula is C41H24N6. The second kappa shape index (κ2) is 11.6. The van der Waals surface area contributed by atoms with Crippen molar-refractivity contribution in [3.8, 4) is 57.0 Å². The van der Waals surface area contributed by atoms with Crippen molar-refractivity contribution >= 4 is 27.5 Å². The third-order valence-electron chi connectivity index (χ3n) is 8.32. The summed E-state index contributed by atoms with van der Waals surface area (Å²) in [5, 5.41) is 12.1. The molecule has 8 aromatic rings. The molecule has 0 N–H and O–H groups in total. The third-order valence-corrected chi connectivity index (χ3v) is 8.32. The Balaban J connectivity index is 1.41. The van der Waals surface area contributed by atoms with Gasteiger partial charge in [-0.3, -0.25) is 0 Å². The van der Waals surface area contributed by atoms with Gasteiger partial charge in [-0.1, -0.05) is 109 Å². The molecule has 0 aliphatic rings. The summed E-state index contributed by atoms with van der Waals surface area (Å²) in [6.07, 6.45) is 0. The summed E-state index contributed by atoms with van der Waals surface area (Å²) in [4.78, 5) is 18.7. The van der Waals surface area contributed by atoms with Crippen molar-refractivity contribution in [2.75, 3.05) is 0 Å². The molecule has 0 saturated carbocycles. The van der Waals surface area contributed by atoms with Crippen molar-refractivity contribution < 1.29 is 0 Å². The zero-order valence-corrected chi connectivity index (χ0v) is 25.0. The molecule has 47 heavy (non-hydrogen) atoms. The molecule has 0 amide bonds. The minimum atomic E-state index is 0.505. The van der Waals surface area contributed by atoms with Crippen molar-refractivity contribution in [2.24, 2.45) is 0 Å². The van der Waals surface area contributed by atoms with Gasteiger partial charge in [0.05, 0.1) is 34.9 Å². The van der Waals surface area contributed by atoms with Gasteiger partial charge in [0, 0.05) is 27.5 Å². The van der Waals surface area contributed by atoms with E-state index in [0.717, 1.165) is 55.3 Å². The van der Waals surface area contributed by atoms with Gasteiger partial charge >= 0.3 is 0 Å². The molecule has 0 atom stereocenters. The fraction of sp³-hybridized carbons (Fsp3) is 0. The summed E-state index contributed by atoms with van der Waals surface area (Å²) in [7, 11) is 0. The maximum Gasteiger partial charge on any atom is 0.194 e. The molecule has 0 unspecified atom stereocenters. The van der Waals surface area contributed by atoms with Gasteiger partial charge in [0.1, 0.15) is 0 Å². The maximum absolute atomic E-state index is 10.0. The Morgan fingerprint density at radius 2 is 1.15 bits per heavy atom. The lowest BCUT2D eigenvalue weighted by molar-refractivity contribution is 1.06. The summed E-state index contributed by atoms with van der Waals surface area (Å²) >= 11 is 0. The predicted octanol–water partition coefficient (Wildman–Crippen LogP) is 10.1. The Bertz CT molecular complexity index is 2480. The van der Waals surface area contributed by atoms with Crippen LogP contribution in [0.1, 0.15) is 5.56 Å². The van der Waals surface area contributed by atoms with Gasteiger partial charge in [-0.25, -0.2) is 19.8 Å². The second-order valence-electron chi connectivity index (χ2n) is 11.1. The predicted molar refractivity (Wildman–Crippen MR) is 187 cm³/mol. The lowest BCUT2D eigenvalue weighted by Crippen LogP contribution is -2.04. The molecule has 0 fully saturated rings. The molecule has 6 nitrogen and oxygen atoms in total. The molecule has 0 aliphatic heterocycles. The number of nitrogens with zero attached hydrogens (tertiary/aromatic N) is 6. The van der Waals surface area contributed by atoms with E-state index in [2.05, 4.69) is 45.8 Å². The van der Waals surface area contributed by atoms with Crippen molar-refractivity contribution in [2.45, 2.75) is 0 Å². The summed E-state index contributed by atoms with van der Waals surface area (Å²) in [5.41, 5.74) is 8.26. The highest BCUT2D eigenvalue weighted by molar-refractivity contribution is 6.11. The van der Waals surface area contributed by atoms with E-state index >= 15 is 0 Å². The monoisotopic (exact) mass is 600 g/mol. The molecule has 0 bridgehead atoms. The van der Waals surface area contributed by atoms with Crippen LogP contribution in [-0.2, 0) is 0 Å². The number of aromatic nitrogens is 4. The largest absolute Gasteiger partial charge is 0.308 e. The lowest BCUT2D eigenvalue weighted by atomic mass is 10.0. The molecule has 2 heterocycles. The van der Waals surface area contributed by atoms with E-state index in [1.54, 1.807) is 6.07 Å². The quantitative estimate of drug-likeness (QED) is 0.184. The first-order valence-electron chi connectivity index (χ1n) is 15.1. The smallest absolute Gasteiger partial charge is 0.194 e. The minimum Gasteiger partial charge on any atom is -0.308 e. The molecule has 6 heteroatoms. The van der Waals surface area contributed by atoms with Crippen LogP contribution >= 0.6 is 0 Å². The zero-order chi connectivity index (χ0) is 31.7. The maximum atomic E-state index is 10.0. The highest BCUT2D eigenvalue weighted by Gasteiger charge is 2.20. The standard InChI is InChI=1S/C41H24N6/c1-43-35-18-10-8-16-31(35)30-21-23-37-34(25-30)32-17-9-11-19-36(32)47(37)38-24-27(26-42)20-22-33(38)41-45-39(28-12-4-2-5-13-28)44-40(46-41)29-14-6-3-7-15-29/h2-25H. The van der Waals surface area contributed by atoms with Gasteiger partial charge in [-0.05, 0) is 47.5 Å². The van der Waals surface area contributed by atoms with E-state index in [-0.39, 0.29) is 0 Å². The Morgan fingerprint density at radius 1 is 0.532 bits per heavy atom. The summed E-state index contributed by atoms with van der Waals surface area (Å²) in [5.74, 6) is 1.64. The molecule has 0 saturated heterocycles. The van der Waals surface area contributed by atoms with E-state index in [0.29, 0.717) is 28.7 Å². The van der Waals surface area contributed by atoms with Gasteiger partial charge in [-0.15, -0.1) is 0 Å². The molecule has 0 radical (unpaired) electrons. The van der Waals surface area contributed by atoms with Crippen LogP contribution in [0, 0.1) is 17.9 Å². The van der Waals surface area contributed by atoms with E-state index in [1.807, 2.05) is 109 Å². The van der Waals surface area contributed by atoms with Gasteiger partial charge < -0.3 is 4.57 Å². The third kappa shape index (κ3) is 4.88. The summed E-state index contributed by atoms with van der Waals surface area (Å²) in [6.45, 7) is 7.71. The first-order chi connectivity index (χ1) is 23.2. The van der Waals surface area contributed by atoms with E-state index < -0.39 is 0 Å². The van der Waals surface area contributed by atoms with Crippen molar-refractivity contribution in [3.05, 3.63) is 163 Å². The number of para-hydroxylation sites is 2. The second-order valence-corrected chi connectivity index (χ2v) is 11.1. The molecule has 2 aromatic heterocycles. The summed E-state index contributed by atoms with van der Waals surface area (Å²) in [6, 6.07) is 49.9. The highest BCUT2D eigenvalue weighted by Crippen LogP contribution is 2.39. The Morgan fingerprint density at radius 3 is 1.85 bits per heavy atom. The number of rotatable bonds is 5. The molecule has 8 rings (SSSR count). The molecule has 0 spiro atoms. The lowest BCUT2D eigenvalue weighted by Gasteiger charge is -2.15. The molecule has 218 valence electrons. The highest BCUT2D eigenvalue weighted by atomic mass is 15.1. The number of hydrogen-bond acceptors (Lipinski definition) is 4. The van der Waals surface area contributed by atoms with Gasteiger partial charge in [0.15, 0.2) is 23.2 Å². The normalized spacial score (nSPS) is 10.9. The van der Waals surface area contributed by atoms with Crippen LogP contribution < -0.4 is 0 Å². The minimum absolute atomic E-state index is 0.505. The average Bonchev–Trinajstić information content (AvgIpc) is 3.48. The molecular weight excluding hydrogens is 576 g/mol. The van der Waals surface area contributed by atoms with E-state index in [1.165, 1.54) is 0 Å². The number of hydrogen-bond donors (Lipinski definition) is 0. The Labute approximate surface area is 271 Å². The Kier molecular flexibility index (Phi) is 6.80. The number of fused-ring (bicyclic) bond motifs is 3. The first-order valence-corrected chi connectivity index (χ1v) is 15.1. The fourth-order valence-corrected chi connectivity index (χ4v) is 6.12. The van der Waals surface area contributed by atoms with Crippen LogP contribution in [0.2, 0.25) is 0 Å². The van der Waals surface area contributed by atoms with Crippen LogP contribution in [0.4, 0.5) is 5.69 Å². The number of benzene rings is 6. The summed E-state index contributed by atoms with van der Waals surface area (Å²) < 4.78 is 2.18. The number of nitriles is 1.